The Labute approximate surface area is 154 Å². The smallest absolute Gasteiger partial charge is 0.315 e. The first-order valence-corrected chi connectivity index (χ1v) is 9.60. The number of rotatable bonds is 4. The van der Waals surface area contributed by atoms with Gasteiger partial charge in [0.15, 0.2) is 0 Å². The highest BCUT2D eigenvalue weighted by Crippen LogP contribution is 2.31. The number of nitrogens with zero attached hydrogens (tertiary/aromatic N) is 2. The maximum atomic E-state index is 12.2. The second kappa shape index (κ2) is 8.38. The Morgan fingerprint density at radius 1 is 1.08 bits per heavy atom. The minimum Gasteiger partial charge on any atom is -0.366 e. The zero-order chi connectivity index (χ0) is 18.5. The summed E-state index contributed by atoms with van der Waals surface area (Å²) in [6.07, 6.45) is 7.39. The standard InChI is InChI=1S/C19H28N4O3/c1-14-7-8-17(18(13-14)23(25)26)22-11-9-16(10-12-22)21-19(24)20-15-5-3-2-4-6-15/h7-8,13,15-16H,2-6,9-12H2,1H3,(H2,20,21,24). The molecular weight excluding hydrogens is 332 g/mol. The fraction of sp³-hybridized carbons (Fsp3) is 0.632. The first-order valence-electron chi connectivity index (χ1n) is 9.60. The fourth-order valence-electron chi connectivity index (χ4n) is 3.97. The van der Waals surface area contributed by atoms with Crippen LogP contribution in [0.5, 0.6) is 0 Å². The van der Waals surface area contributed by atoms with E-state index in [-0.39, 0.29) is 22.7 Å². The van der Waals surface area contributed by atoms with Crippen molar-refractivity contribution in [1.82, 2.24) is 10.6 Å². The maximum absolute atomic E-state index is 12.2. The van der Waals surface area contributed by atoms with E-state index < -0.39 is 0 Å². The summed E-state index contributed by atoms with van der Waals surface area (Å²) in [5.74, 6) is 0. The summed E-state index contributed by atoms with van der Waals surface area (Å²) in [5, 5.41) is 17.5. The van der Waals surface area contributed by atoms with E-state index in [2.05, 4.69) is 15.5 Å². The molecule has 1 saturated carbocycles. The van der Waals surface area contributed by atoms with Gasteiger partial charge >= 0.3 is 6.03 Å². The van der Waals surface area contributed by atoms with E-state index in [4.69, 9.17) is 0 Å². The number of aryl methyl sites for hydroxylation is 1. The van der Waals surface area contributed by atoms with Gasteiger partial charge in [-0.1, -0.05) is 25.3 Å². The number of anilines is 1. The van der Waals surface area contributed by atoms with Crippen molar-refractivity contribution < 1.29 is 9.72 Å². The van der Waals surface area contributed by atoms with Crippen molar-refractivity contribution in [3.8, 4) is 0 Å². The number of nitro groups is 1. The maximum Gasteiger partial charge on any atom is 0.315 e. The third-order valence-electron chi connectivity index (χ3n) is 5.44. The molecule has 0 spiro atoms. The quantitative estimate of drug-likeness (QED) is 0.635. The molecule has 0 unspecified atom stereocenters. The van der Waals surface area contributed by atoms with Crippen LogP contribution in [0.2, 0.25) is 0 Å². The Hall–Kier alpha value is -2.31. The van der Waals surface area contributed by atoms with Crippen molar-refractivity contribution >= 4 is 17.4 Å². The second-order valence-corrected chi connectivity index (χ2v) is 7.46. The van der Waals surface area contributed by atoms with Crippen LogP contribution in [-0.4, -0.2) is 36.1 Å². The first-order chi connectivity index (χ1) is 12.5. The van der Waals surface area contributed by atoms with E-state index in [1.807, 2.05) is 19.1 Å². The van der Waals surface area contributed by atoms with Gasteiger partial charge < -0.3 is 15.5 Å². The van der Waals surface area contributed by atoms with E-state index in [0.29, 0.717) is 24.8 Å². The first kappa shape index (κ1) is 18.5. The predicted octanol–water partition coefficient (Wildman–Crippen LogP) is 3.50. The molecule has 1 aliphatic heterocycles. The van der Waals surface area contributed by atoms with Crippen molar-refractivity contribution in [2.24, 2.45) is 0 Å². The second-order valence-electron chi connectivity index (χ2n) is 7.46. The van der Waals surface area contributed by atoms with Gasteiger partial charge in [0.05, 0.1) is 4.92 Å². The molecule has 2 fully saturated rings. The van der Waals surface area contributed by atoms with Gasteiger partial charge in [-0.05, 0) is 44.2 Å². The Morgan fingerprint density at radius 2 is 1.69 bits per heavy atom. The lowest BCUT2D eigenvalue weighted by Gasteiger charge is -2.34. The number of carbonyl (C=O) groups excluding carboxylic acids is 1. The van der Waals surface area contributed by atoms with Gasteiger partial charge in [-0.15, -0.1) is 0 Å². The highest BCUT2D eigenvalue weighted by molar-refractivity contribution is 5.74. The molecule has 7 heteroatoms. The van der Waals surface area contributed by atoms with E-state index in [1.54, 1.807) is 6.07 Å². The molecule has 1 aromatic carbocycles. The molecule has 1 aliphatic carbocycles. The minimum absolute atomic E-state index is 0.0725. The predicted molar refractivity (Wildman–Crippen MR) is 102 cm³/mol. The lowest BCUT2D eigenvalue weighted by Crippen LogP contribution is -2.50. The van der Waals surface area contributed by atoms with Crippen LogP contribution in [0.3, 0.4) is 0 Å². The molecule has 3 rings (SSSR count). The number of hydrogen-bond donors (Lipinski definition) is 2. The van der Waals surface area contributed by atoms with Crippen molar-refractivity contribution in [3.63, 3.8) is 0 Å². The van der Waals surface area contributed by atoms with Crippen LogP contribution in [0.4, 0.5) is 16.2 Å². The van der Waals surface area contributed by atoms with Crippen molar-refractivity contribution in [2.75, 3.05) is 18.0 Å². The van der Waals surface area contributed by atoms with Gasteiger partial charge in [-0.3, -0.25) is 10.1 Å². The summed E-state index contributed by atoms with van der Waals surface area (Å²) in [4.78, 5) is 25.3. The molecule has 2 amide bonds. The highest BCUT2D eigenvalue weighted by Gasteiger charge is 2.26. The molecule has 2 N–H and O–H groups in total. The van der Waals surface area contributed by atoms with Crippen LogP contribution < -0.4 is 15.5 Å². The summed E-state index contributed by atoms with van der Waals surface area (Å²) in [6, 6.07) is 5.72. The van der Waals surface area contributed by atoms with Crippen LogP contribution >= 0.6 is 0 Å². The average Bonchev–Trinajstić information content (AvgIpc) is 2.63. The van der Waals surface area contributed by atoms with Gasteiger partial charge in [0, 0.05) is 31.2 Å². The summed E-state index contributed by atoms with van der Waals surface area (Å²) in [7, 11) is 0. The molecule has 142 valence electrons. The summed E-state index contributed by atoms with van der Waals surface area (Å²) in [6.45, 7) is 3.27. The number of nitrogens with one attached hydrogen (secondary N) is 2. The van der Waals surface area contributed by atoms with Crippen LogP contribution in [-0.2, 0) is 0 Å². The molecule has 0 atom stereocenters. The molecule has 0 radical (unpaired) electrons. The molecule has 0 aromatic heterocycles. The molecule has 1 saturated heterocycles. The zero-order valence-electron chi connectivity index (χ0n) is 15.4. The molecule has 1 heterocycles. The Morgan fingerprint density at radius 3 is 2.31 bits per heavy atom. The number of benzene rings is 1. The number of hydrogen-bond acceptors (Lipinski definition) is 4. The van der Waals surface area contributed by atoms with E-state index in [1.165, 1.54) is 19.3 Å². The molecule has 0 bridgehead atoms. The SMILES string of the molecule is Cc1ccc(N2CCC(NC(=O)NC3CCCCC3)CC2)c([N+](=O)[O-])c1. The largest absolute Gasteiger partial charge is 0.366 e. The summed E-state index contributed by atoms with van der Waals surface area (Å²) >= 11 is 0. The van der Waals surface area contributed by atoms with Crippen LogP contribution in [0.25, 0.3) is 0 Å². The van der Waals surface area contributed by atoms with Crippen LogP contribution in [0.15, 0.2) is 18.2 Å². The summed E-state index contributed by atoms with van der Waals surface area (Å²) in [5.41, 5.74) is 1.72. The summed E-state index contributed by atoms with van der Waals surface area (Å²) < 4.78 is 0. The number of piperidine rings is 1. The lowest BCUT2D eigenvalue weighted by atomic mass is 9.96. The molecule has 26 heavy (non-hydrogen) atoms. The van der Waals surface area contributed by atoms with Gasteiger partial charge in [0.1, 0.15) is 5.69 Å². The number of amides is 2. The zero-order valence-corrected chi connectivity index (χ0v) is 15.4. The Bertz CT molecular complexity index is 650. The van der Waals surface area contributed by atoms with Crippen molar-refractivity contribution in [1.29, 1.82) is 0 Å². The molecule has 1 aromatic rings. The van der Waals surface area contributed by atoms with E-state index >= 15 is 0 Å². The van der Waals surface area contributed by atoms with Gasteiger partial charge in [-0.25, -0.2) is 4.79 Å². The average molecular weight is 360 g/mol. The topological polar surface area (TPSA) is 87.5 Å². The van der Waals surface area contributed by atoms with Crippen LogP contribution in [0, 0.1) is 17.0 Å². The monoisotopic (exact) mass is 360 g/mol. The number of urea groups is 1. The van der Waals surface area contributed by atoms with Gasteiger partial charge in [0.2, 0.25) is 0 Å². The highest BCUT2D eigenvalue weighted by atomic mass is 16.6. The normalized spacial score (nSPS) is 19.2. The molecule has 2 aliphatic rings. The Kier molecular flexibility index (Phi) is 5.96. The van der Waals surface area contributed by atoms with Gasteiger partial charge in [-0.2, -0.15) is 0 Å². The minimum atomic E-state index is -0.315. The third-order valence-corrected chi connectivity index (χ3v) is 5.44. The molecule has 7 nitrogen and oxygen atoms in total. The van der Waals surface area contributed by atoms with Crippen molar-refractivity contribution in [3.05, 3.63) is 33.9 Å². The van der Waals surface area contributed by atoms with Crippen LogP contribution in [0.1, 0.15) is 50.5 Å². The fourth-order valence-corrected chi connectivity index (χ4v) is 3.97. The van der Waals surface area contributed by atoms with E-state index in [0.717, 1.165) is 31.2 Å². The number of carbonyl (C=O) groups is 1. The molecular formula is C19H28N4O3. The van der Waals surface area contributed by atoms with E-state index in [9.17, 15) is 14.9 Å². The van der Waals surface area contributed by atoms with Crippen molar-refractivity contribution in [2.45, 2.75) is 64.0 Å². The number of nitro benzene ring substituents is 1. The van der Waals surface area contributed by atoms with Gasteiger partial charge in [0.25, 0.3) is 5.69 Å². The Balaban J connectivity index is 1.51. The lowest BCUT2D eigenvalue weighted by molar-refractivity contribution is -0.384. The third kappa shape index (κ3) is 4.65.